The van der Waals surface area contributed by atoms with E-state index in [-0.39, 0.29) is 6.04 Å². The summed E-state index contributed by atoms with van der Waals surface area (Å²) in [5, 5.41) is 8.20. The van der Waals surface area contributed by atoms with Gasteiger partial charge in [0.2, 0.25) is 0 Å². The van der Waals surface area contributed by atoms with E-state index in [0.29, 0.717) is 18.7 Å². The van der Waals surface area contributed by atoms with Crippen LogP contribution in [0.25, 0.3) is 16.6 Å². The average Bonchev–Trinajstić information content (AvgIpc) is 3.24. The van der Waals surface area contributed by atoms with Crippen molar-refractivity contribution < 1.29 is 4.74 Å². The minimum absolute atomic E-state index is 0.00256. The van der Waals surface area contributed by atoms with Crippen LogP contribution in [0, 0.1) is 0 Å². The summed E-state index contributed by atoms with van der Waals surface area (Å²) in [6.07, 6.45) is 6.66. The molecular formula is C24H31N7O. The maximum atomic E-state index is 5.49. The standard InChI is InChI=1S/C24H31N7O/c1-15-12-31(13-16(2)28-15)21-6-4-5-20(30-21)17(3)29-24-22-19(18-7-9-32-10-8-18)11-25-23(22)26-14-27-24/h4-7,11,14-17,28H,8-10,12-13H2,1-3H3,(H2,25,26,27,29)/t15-,16+,17?. The lowest BCUT2D eigenvalue weighted by Gasteiger charge is -2.37. The number of pyridine rings is 1. The molecule has 0 amide bonds. The van der Waals surface area contributed by atoms with Crippen LogP contribution in [0.5, 0.6) is 0 Å². The average molecular weight is 434 g/mol. The van der Waals surface area contributed by atoms with Crippen molar-refractivity contribution in [3.05, 3.63) is 48.1 Å². The van der Waals surface area contributed by atoms with Crippen LogP contribution in [0.1, 0.15) is 44.5 Å². The summed E-state index contributed by atoms with van der Waals surface area (Å²) in [6.45, 7) is 9.88. The smallest absolute Gasteiger partial charge is 0.143 e. The Kier molecular flexibility index (Phi) is 5.80. The number of hydrogen-bond acceptors (Lipinski definition) is 7. The largest absolute Gasteiger partial charge is 0.377 e. The number of nitrogens with zero attached hydrogens (tertiary/aromatic N) is 4. The summed E-state index contributed by atoms with van der Waals surface area (Å²) >= 11 is 0. The van der Waals surface area contributed by atoms with Crippen LogP contribution in [0.2, 0.25) is 0 Å². The molecule has 1 saturated heterocycles. The van der Waals surface area contributed by atoms with Crippen LogP contribution in [0.3, 0.4) is 0 Å². The second-order valence-corrected chi connectivity index (χ2v) is 8.86. The Hall–Kier alpha value is -2.97. The minimum atomic E-state index is -0.00256. The molecule has 3 aromatic rings. The molecule has 0 aliphatic carbocycles. The molecule has 1 unspecified atom stereocenters. The molecule has 2 aliphatic heterocycles. The van der Waals surface area contributed by atoms with Crippen molar-refractivity contribution in [2.75, 3.05) is 36.5 Å². The van der Waals surface area contributed by atoms with E-state index in [1.54, 1.807) is 6.33 Å². The van der Waals surface area contributed by atoms with Crippen LogP contribution < -0.4 is 15.5 Å². The molecule has 5 heterocycles. The van der Waals surface area contributed by atoms with Gasteiger partial charge in [0.25, 0.3) is 0 Å². The van der Waals surface area contributed by atoms with E-state index in [1.807, 2.05) is 6.20 Å². The highest BCUT2D eigenvalue weighted by atomic mass is 16.5. The zero-order valence-corrected chi connectivity index (χ0v) is 18.9. The number of rotatable bonds is 5. The summed E-state index contributed by atoms with van der Waals surface area (Å²) in [6, 6.07) is 7.16. The Balaban J connectivity index is 1.41. The van der Waals surface area contributed by atoms with Gasteiger partial charge in [-0.2, -0.15) is 0 Å². The van der Waals surface area contributed by atoms with Gasteiger partial charge in [-0.3, -0.25) is 0 Å². The van der Waals surface area contributed by atoms with Crippen molar-refractivity contribution in [3.8, 4) is 0 Å². The molecule has 32 heavy (non-hydrogen) atoms. The van der Waals surface area contributed by atoms with Gasteiger partial charge in [0, 0.05) is 36.9 Å². The number of aromatic amines is 1. The molecule has 0 radical (unpaired) electrons. The lowest BCUT2D eigenvalue weighted by atomic mass is 10.0. The van der Waals surface area contributed by atoms with Crippen molar-refractivity contribution in [2.45, 2.75) is 45.3 Å². The fourth-order valence-electron chi connectivity index (χ4n) is 4.75. The molecule has 8 heteroatoms. The van der Waals surface area contributed by atoms with E-state index in [9.17, 15) is 0 Å². The van der Waals surface area contributed by atoms with Gasteiger partial charge >= 0.3 is 0 Å². The molecular weight excluding hydrogens is 402 g/mol. The first-order chi connectivity index (χ1) is 15.6. The molecule has 2 aliphatic rings. The van der Waals surface area contributed by atoms with Gasteiger partial charge < -0.3 is 25.3 Å². The highest BCUT2D eigenvalue weighted by molar-refractivity contribution is 5.98. The van der Waals surface area contributed by atoms with Gasteiger partial charge in [-0.05, 0) is 44.9 Å². The highest BCUT2D eigenvalue weighted by Crippen LogP contribution is 2.33. The van der Waals surface area contributed by atoms with Gasteiger partial charge in [0.15, 0.2) is 0 Å². The second kappa shape index (κ2) is 8.88. The molecule has 8 nitrogen and oxygen atoms in total. The fraction of sp³-hybridized carbons (Fsp3) is 0.458. The van der Waals surface area contributed by atoms with E-state index in [4.69, 9.17) is 9.72 Å². The third-order valence-electron chi connectivity index (χ3n) is 6.21. The van der Waals surface area contributed by atoms with Crippen molar-refractivity contribution in [1.82, 2.24) is 25.3 Å². The van der Waals surface area contributed by atoms with E-state index >= 15 is 0 Å². The number of ether oxygens (including phenoxy) is 1. The number of hydrogen-bond donors (Lipinski definition) is 3. The van der Waals surface area contributed by atoms with Gasteiger partial charge in [-0.25, -0.2) is 15.0 Å². The van der Waals surface area contributed by atoms with Crippen LogP contribution in [-0.2, 0) is 4.74 Å². The molecule has 3 aromatic heterocycles. The topological polar surface area (TPSA) is 91.0 Å². The van der Waals surface area contributed by atoms with Gasteiger partial charge in [-0.15, -0.1) is 0 Å². The molecule has 3 N–H and O–H groups in total. The molecule has 0 spiro atoms. The summed E-state index contributed by atoms with van der Waals surface area (Å²) < 4.78 is 5.49. The number of H-pyrrole nitrogens is 1. The van der Waals surface area contributed by atoms with Gasteiger partial charge in [0.05, 0.1) is 30.3 Å². The molecule has 168 valence electrons. The number of anilines is 2. The number of nitrogens with one attached hydrogen (secondary N) is 3. The minimum Gasteiger partial charge on any atom is -0.377 e. The van der Waals surface area contributed by atoms with Crippen LogP contribution >= 0.6 is 0 Å². The quantitative estimate of drug-likeness (QED) is 0.567. The maximum absolute atomic E-state index is 5.49. The summed E-state index contributed by atoms with van der Waals surface area (Å²) in [7, 11) is 0. The van der Waals surface area contributed by atoms with Gasteiger partial charge in [-0.1, -0.05) is 12.1 Å². The predicted molar refractivity (Wildman–Crippen MR) is 128 cm³/mol. The van der Waals surface area contributed by atoms with Crippen LogP contribution in [0.4, 0.5) is 11.6 Å². The van der Waals surface area contributed by atoms with Crippen molar-refractivity contribution >= 4 is 28.2 Å². The number of fused-ring (bicyclic) bond motifs is 1. The SMILES string of the molecule is CC(Nc1ncnc2[nH]cc(C3=CCOCC3)c12)c1cccc(N2C[C@@H](C)N[C@@H](C)C2)n1. The molecule has 0 aromatic carbocycles. The number of piperazine rings is 1. The normalized spacial score (nSPS) is 22.6. The molecule has 1 fully saturated rings. The Morgan fingerprint density at radius 1 is 1.19 bits per heavy atom. The van der Waals surface area contributed by atoms with E-state index in [0.717, 1.165) is 60.0 Å². The first kappa shape index (κ1) is 20.9. The van der Waals surface area contributed by atoms with Gasteiger partial charge in [0.1, 0.15) is 23.6 Å². The summed E-state index contributed by atoms with van der Waals surface area (Å²) in [5.74, 6) is 1.85. The Labute approximate surface area is 188 Å². The fourth-order valence-corrected chi connectivity index (χ4v) is 4.75. The van der Waals surface area contributed by atoms with Crippen LogP contribution in [-0.4, -0.2) is 58.3 Å². The van der Waals surface area contributed by atoms with E-state index in [1.165, 1.54) is 5.57 Å². The summed E-state index contributed by atoms with van der Waals surface area (Å²) in [5.41, 5.74) is 4.25. The molecule has 5 rings (SSSR count). The second-order valence-electron chi connectivity index (χ2n) is 8.86. The van der Waals surface area contributed by atoms with Crippen molar-refractivity contribution in [2.24, 2.45) is 0 Å². The monoisotopic (exact) mass is 433 g/mol. The Bertz CT molecular complexity index is 1110. The zero-order valence-electron chi connectivity index (χ0n) is 18.9. The lowest BCUT2D eigenvalue weighted by molar-refractivity contribution is 0.161. The lowest BCUT2D eigenvalue weighted by Crippen LogP contribution is -2.54. The first-order valence-electron chi connectivity index (χ1n) is 11.4. The van der Waals surface area contributed by atoms with Crippen molar-refractivity contribution in [1.29, 1.82) is 0 Å². The van der Waals surface area contributed by atoms with Crippen molar-refractivity contribution in [3.63, 3.8) is 0 Å². The molecule has 0 bridgehead atoms. The number of aromatic nitrogens is 4. The third-order valence-corrected chi connectivity index (χ3v) is 6.21. The summed E-state index contributed by atoms with van der Waals surface area (Å²) in [4.78, 5) is 19.7. The predicted octanol–water partition coefficient (Wildman–Crippen LogP) is 3.52. The Morgan fingerprint density at radius 2 is 2.03 bits per heavy atom. The maximum Gasteiger partial charge on any atom is 0.143 e. The first-order valence-corrected chi connectivity index (χ1v) is 11.4. The zero-order chi connectivity index (χ0) is 22.1. The Morgan fingerprint density at radius 3 is 2.81 bits per heavy atom. The van der Waals surface area contributed by atoms with Crippen LogP contribution in [0.15, 0.2) is 36.8 Å². The highest BCUT2D eigenvalue weighted by Gasteiger charge is 2.23. The van der Waals surface area contributed by atoms with E-state index < -0.39 is 0 Å². The van der Waals surface area contributed by atoms with E-state index in [2.05, 4.69) is 75.5 Å². The third kappa shape index (κ3) is 4.20. The molecule has 0 saturated carbocycles. The molecule has 3 atom stereocenters.